The van der Waals surface area contributed by atoms with Crippen molar-refractivity contribution in [3.63, 3.8) is 0 Å². The van der Waals surface area contributed by atoms with E-state index in [2.05, 4.69) is 60.7 Å². The molecule has 2 amide bonds. The molecule has 0 aliphatic carbocycles. The minimum absolute atomic E-state index is 0.0473. The van der Waals surface area contributed by atoms with Crippen LogP contribution in [0.3, 0.4) is 0 Å². The van der Waals surface area contributed by atoms with E-state index in [0.717, 1.165) is 29.1 Å². The van der Waals surface area contributed by atoms with Crippen LogP contribution >= 0.6 is 11.3 Å². The van der Waals surface area contributed by atoms with Crippen LogP contribution in [-0.2, 0) is 19.4 Å². The van der Waals surface area contributed by atoms with Gasteiger partial charge in [0.25, 0.3) is 0 Å². The Labute approximate surface area is 148 Å². The van der Waals surface area contributed by atoms with Crippen LogP contribution in [0.25, 0.3) is 0 Å². The Bertz CT molecular complexity index is 649. The summed E-state index contributed by atoms with van der Waals surface area (Å²) in [4.78, 5) is 18.4. The number of nitrogens with zero attached hydrogens (tertiary/aromatic N) is 2. The van der Waals surface area contributed by atoms with E-state index in [4.69, 9.17) is 0 Å². The Morgan fingerprint density at radius 2 is 2.00 bits per heavy atom. The fourth-order valence-corrected chi connectivity index (χ4v) is 3.19. The molecule has 2 rings (SSSR count). The molecule has 0 aliphatic rings. The Morgan fingerprint density at radius 3 is 2.58 bits per heavy atom. The number of carbonyl (C=O) groups excluding carboxylic acids is 1. The second-order valence-electron chi connectivity index (χ2n) is 6.32. The lowest BCUT2D eigenvalue weighted by atomic mass is 10.0. The highest BCUT2D eigenvalue weighted by atomic mass is 32.1. The maximum Gasteiger partial charge on any atom is 0.317 e. The highest BCUT2D eigenvalue weighted by Crippen LogP contribution is 2.15. The number of urea groups is 1. The number of nitrogens with one attached hydrogen (secondary N) is 1. The quantitative estimate of drug-likeness (QED) is 0.817. The first-order valence-electron chi connectivity index (χ1n) is 8.50. The fraction of sp³-hybridized carbons (Fsp3) is 0.474. The van der Waals surface area contributed by atoms with Crippen molar-refractivity contribution in [2.75, 3.05) is 13.6 Å². The summed E-state index contributed by atoms with van der Waals surface area (Å²) in [7, 11) is 1.82. The smallest absolute Gasteiger partial charge is 0.317 e. The Hall–Kier alpha value is -1.88. The summed E-state index contributed by atoms with van der Waals surface area (Å²) in [5, 5.41) is 6.19. The topological polar surface area (TPSA) is 45.2 Å². The molecule has 0 spiro atoms. The third-order valence-corrected chi connectivity index (χ3v) is 5.01. The van der Waals surface area contributed by atoms with Crippen LogP contribution in [0, 0.1) is 0 Å². The summed E-state index contributed by atoms with van der Waals surface area (Å²) in [6, 6.07) is 8.42. The number of benzene rings is 1. The minimum Gasteiger partial charge on any atom is -0.338 e. The highest BCUT2D eigenvalue weighted by Gasteiger charge is 2.09. The van der Waals surface area contributed by atoms with E-state index in [0.29, 0.717) is 19.0 Å². The largest absolute Gasteiger partial charge is 0.338 e. The molecule has 4 nitrogen and oxygen atoms in total. The minimum atomic E-state index is -0.0473. The molecule has 5 heteroatoms. The van der Waals surface area contributed by atoms with E-state index in [-0.39, 0.29) is 6.03 Å². The van der Waals surface area contributed by atoms with Crippen LogP contribution in [0.5, 0.6) is 0 Å². The van der Waals surface area contributed by atoms with Gasteiger partial charge >= 0.3 is 6.03 Å². The molecule has 0 fully saturated rings. The van der Waals surface area contributed by atoms with Crippen LogP contribution in [-0.4, -0.2) is 29.5 Å². The van der Waals surface area contributed by atoms with Gasteiger partial charge in [0.2, 0.25) is 0 Å². The van der Waals surface area contributed by atoms with Gasteiger partial charge in [0.15, 0.2) is 0 Å². The molecule has 2 aromatic rings. The molecule has 0 unspecified atom stereocenters. The van der Waals surface area contributed by atoms with Crippen LogP contribution in [0.15, 0.2) is 29.6 Å². The molecule has 24 heavy (non-hydrogen) atoms. The van der Waals surface area contributed by atoms with Crippen LogP contribution in [0.2, 0.25) is 0 Å². The SMILES string of the molecule is CCc1nc(CCNC(=O)N(C)Cc2ccc(C(C)C)cc2)cs1. The van der Waals surface area contributed by atoms with Crippen molar-refractivity contribution < 1.29 is 4.79 Å². The van der Waals surface area contributed by atoms with Crippen LogP contribution in [0.4, 0.5) is 4.79 Å². The van der Waals surface area contributed by atoms with E-state index < -0.39 is 0 Å². The monoisotopic (exact) mass is 345 g/mol. The lowest BCUT2D eigenvalue weighted by Gasteiger charge is -2.18. The van der Waals surface area contributed by atoms with Gasteiger partial charge < -0.3 is 10.2 Å². The van der Waals surface area contributed by atoms with Crippen molar-refractivity contribution >= 4 is 17.4 Å². The van der Waals surface area contributed by atoms with Gasteiger partial charge in [0.05, 0.1) is 10.7 Å². The lowest BCUT2D eigenvalue weighted by Crippen LogP contribution is -2.37. The Kier molecular flexibility index (Phi) is 6.79. The molecular formula is C19H27N3OS. The standard InChI is InChI=1S/C19H27N3OS/c1-5-18-21-17(13-24-18)10-11-20-19(23)22(4)12-15-6-8-16(9-7-15)14(2)3/h6-9,13-14H,5,10-12H2,1-4H3,(H,20,23). The number of carbonyl (C=O) groups is 1. The molecule has 0 saturated carbocycles. The number of rotatable bonds is 7. The Balaban J connectivity index is 1.77. The average molecular weight is 346 g/mol. The summed E-state index contributed by atoms with van der Waals surface area (Å²) in [5.74, 6) is 0.527. The first-order chi connectivity index (χ1) is 11.5. The molecule has 0 bridgehead atoms. The zero-order chi connectivity index (χ0) is 17.5. The van der Waals surface area contributed by atoms with Crippen molar-refractivity contribution in [1.82, 2.24) is 15.2 Å². The molecule has 1 aromatic heterocycles. The molecule has 0 radical (unpaired) electrons. The first kappa shape index (κ1) is 18.5. The molecule has 0 saturated heterocycles. The predicted octanol–water partition coefficient (Wildman–Crippen LogP) is 4.21. The number of amides is 2. The van der Waals surface area contributed by atoms with E-state index in [1.165, 1.54) is 5.56 Å². The second-order valence-corrected chi connectivity index (χ2v) is 7.26. The molecule has 0 aliphatic heterocycles. The summed E-state index contributed by atoms with van der Waals surface area (Å²) < 4.78 is 0. The third-order valence-electron chi connectivity index (χ3n) is 3.97. The summed E-state index contributed by atoms with van der Waals surface area (Å²) in [6.07, 6.45) is 1.74. The molecular weight excluding hydrogens is 318 g/mol. The molecule has 130 valence electrons. The summed E-state index contributed by atoms with van der Waals surface area (Å²) >= 11 is 1.69. The van der Waals surface area contributed by atoms with Crippen LogP contribution < -0.4 is 5.32 Å². The molecule has 1 N–H and O–H groups in total. The van der Waals surface area contributed by atoms with Gasteiger partial charge in [-0.25, -0.2) is 9.78 Å². The molecule has 1 heterocycles. The Morgan fingerprint density at radius 1 is 1.29 bits per heavy atom. The zero-order valence-electron chi connectivity index (χ0n) is 15.0. The van der Waals surface area contributed by atoms with Gasteiger partial charge in [-0.2, -0.15) is 0 Å². The number of hydrogen-bond donors (Lipinski definition) is 1. The van der Waals surface area contributed by atoms with Gasteiger partial charge in [-0.05, 0) is 23.5 Å². The van der Waals surface area contributed by atoms with E-state index in [1.807, 2.05) is 7.05 Å². The maximum absolute atomic E-state index is 12.2. The van der Waals surface area contributed by atoms with Crippen molar-refractivity contribution in [2.24, 2.45) is 0 Å². The average Bonchev–Trinajstić information content (AvgIpc) is 3.03. The summed E-state index contributed by atoms with van der Waals surface area (Å²) in [5.41, 5.74) is 3.52. The maximum atomic E-state index is 12.2. The molecule has 0 atom stereocenters. The fourth-order valence-electron chi connectivity index (χ4n) is 2.41. The predicted molar refractivity (Wildman–Crippen MR) is 101 cm³/mol. The first-order valence-corrected chi connectivity index (χ1v) is 9.38. The number of hydrogen-bond acceptors (Lipinski definition) is 3. The van der Waals surface area contributed by atoms with Crippen molar-refractivity contribution in [1.29, 1.82) is 0 Å². The van der Waals surface area contributed by atoms with Crippen LogP contribution in [0.1, 0.15) is 48.5 Å². The van der Waals surface area contributed by atoms with Gasteiger partial charge in [0, 0.05) is 31.9 Å². The van der Waals surface area contributed by atoms with E-state index in [1.54, 1.807) is 16.2 Å². The lowest BCUT2D eigenvalue weighted by molar-refractivity contribution is 0.207. The van der Waals surface area contributed by atoms with Crippen molar-refractivity contribution in [3.8, 4) is 0 Å². The second kappa shape index (κ2) is 8.83. The number of aromatic nitrogens is 1. The number of thiazole rings is 1. The third kappa shape index (κ3) is 5.34. The van der Waals surface area contributed by atoms with Crippen molar-refractivity contribution in [3.05, 3.63) is 51.5 Å². The van der Waals surface area contributed by atoms with E-state index in [9.17, 15) is 4.79 Å². The zero-order valence-corrected chi connectivity index (χ0v) is 15.8. The van der Waals surface area contributed by atoms with Crippen molar-refractivity contribution in [2.45, 2.75) is 46.1 Å². The highest BCUT2D eigenvalue weighted by molar-refractivity contribution is 7.09. The summed E-state index contributed by atoms with van der Waals surface area (Å²) in [6.45, 7) is 7.69. The molecule has 1 aromatic carbocycles. The van der Waals surface area contributed by atoms with Gasteiger partial charge in [-0.1, -0.05) is 45.0 Å². The van der Waals surface area contributed by atoms with Gasteiger partial charge in [0.1, 0.15) is 0 Å². The normalized spacial score (nSPS) is 10.9. The number of aryl methyl sites for hydroxylation is 1. The van der Waals surface area contributed by atoms with E-state index >= 15 is 0 Å². The van der Waals surface area contributed by atoms with Gasteiger partial charge in [-0.15, -0.1) is 11.3 Å². The van der Waals surface area contributed by atoms with Gasteiger partial charge in [-0.3, -0.25) is 0 Å².